The van der Waals surface area contributed by atoms with Crippen LogP contribution in [0, 0.1) is 0 Å². The molecule has 4 heteroatoms. The van der Waals surface area contributed by atoms with Gasteiger partial charge in [-0.25, -0.2) is 0 Å². The number of aliphatic hydroxyl groups is 1. The van der Waals surface area contributed by atoms with Crippen LogP contribution in [-0.4, -0.2) is 36.4 Å². The lowest BCUT2D eigenvalue weighted by atomic mass is 10.0. The van der Waals surface area contributed by atoms with E-state index in [2.05, 4.69) is 5.32 Å². The number of ether oxygens (including phenoxy) is 1. The van der Waals surface area contributed by atoms with E-state index in [0.29, 0.717) is 6.54 Å². The molecular formula is C8H17NO3. The van der Waals surface area contributed by atoms with Crippen molar-refractivity contribution in [2.24, 2.45) is 0 Å². The Balaban J connectivity index is 0.000000561. The molecule has 1 aliphatic heterocycles. The summed E-state index contributed by atoms with van der Waals surface area (Å²) in [6.07, 6.45) is 0. The van der Waals surface area contributed by atoms with Gasteiger partial charge in [0.15, 0.2) is 5.60 Å². The number of amides is 1. The lowest BCUT2D eigenvalue weighted by molar-refractivity contribution is -0.190. The Bertz CT molecular complexity index is 143. The maximum Gasteiger partial charge on any atom is 0.256 e. The summed E-state index contributed by atoms with van der Waals surface area (Å²) >= 11 is 0. The molecule has 1 fully saturated rings. The van der Waals surface area contributed by atoms with Gasteiger partial charge in [0.1, 0.15) is 0 Å². The van der Waals surface area contributed by atoms with Crippen LogP contribution in [0.4, 0.5) is 0 Å². The lowest BCUT2D eigenvalue weighted by Gasteiger charge is -2.34. The van der Waals surface area contributed by atoms with Crippen LogP contribution in [0.15, 0.2) is 0 Å². The third-order valence-electron chi connectivity index (χ3n) is 1.44. The van der Waals surface area contributed by atoms with Crippen molar-refractivity contribution >= 4 is 5.91 Å². The van der Waals surface area contributed by atoms with Crippen molar-refractivity contribution in [2.75, 3.05) is 19.8 Å². The lowest BCUT2D eigenvalue weighted by Crippen LogP contribution is -2.60. The minimum absolute atomic E-state index is 0.124. The van der Waals surface area contributed by atoms with E-state index >= 15 is 0 Å². The SMILES string of the molecule is CC.CCNC(=O)C1(O)COC1. The monoisotopic (exact) mass is 175 g/mol. The van der Waals surface area contributed by atoms with E-state index in [4.69, 9.17) is 4.74 Å². The van der Waals surface area contributed by atoms with Gasteiger partial charge < -0.3 is 15.2 Å². The maximum absolute atomic E-state index is 10.9. The van der Waals surface area contributed by atoms with E-state index < -0.39 is 5.60 Å². The van der Waals surface area contributed by atoms with Crippen molar-refractivity contribution in [3.8, 4) is 0 Å². The average Bonchev–Trinajstić information content (AvgIpc) is 2.04. The summed E-state index contributed by atoms with van der Waals surface area (Å²) in [5, 5.41) is 11.8. The Hall–Kier alpha value is -0.610. The average molecular weight is 175 g/mol. The summed E-state index contributed by atoms with van der Waals surface area (Å²) in [4.78, 5) is 10.9. The number of hydrogen-bond donors (Lipinski definition) is 2. The van der Waals surface area contributed by atoms with E-state index in [-0.39, 0.29) is 19.1 Å². The fourth-order valence-electron chi connectivity index (χ4n) is 0.752. The van der Waals surface area contributed by atoms with Crippen LogP contribution < -0.4 is 5.32 Å². The maximum atomic E-state index is 10.9. The molecule has 0 unspecified atom stereocenters. The minimum Gasteiger partial charge on any atom is -0.376 e. The van der Waals surface area contributed by atoms with Gasteiger partial charge in [-0.2, -0.15) is 0 Å². The van der Waals surface area contributed by atoms with E-state index in [1.807, 2.05) is 13.8 Å². The molecule has 1 amide bonds. The number of carbonyl (C=O) groups is 1. The van der Waals surface area contributed by atoms with Gasteiger partial charge in [0.05, 0.1) is 13.2 Å². The highest BCUT2D eigenvalue weighted by molar-refractivity contribution is 5.85. The highest BCUT2D eigenvalue weighted by Crippen LogP contribution is 2.15. The van der Waals surface area contributed by atoms with Crippen molar-refractivity contribution in [2.45, 2.75) is 26.4 Å². The molecule has 1 rings (SSSR count). The summed E-state index contributed by atoms with van der Waals surface area (Å²) < 4.78 is 4.69. The van der Waals surface area contributed by atoms with Crippen molar-refractivity contribution in [3.05, 3.63) is 0 Å². The first-order valence-electron chi connectivity index (χ1n) is 4.27. The van der Waals surface area contributed by atoms with Crippen LogP contribution in [0.1, 0.15) is 20.8 Å². The first kappa shape index (κ1) is 11.4. The molecule has 4 nitrogen and oxygen atoms in total. The summed E-state index contributed by atoms with van der Waals surface area (Å²) in [7, 11) is 0. The fraction of sp³-hybridized carbons (Fsp3) is 0.875. The van der Waals surface area contributed by atoms with Gasteiger partial charge in [-0.05, 0) is 6.92 Å². The molecule has 1 heterocycles. The van der Waals surface area contributed by atoms with E-state index in [0.717, 1.165) is 0 Å². The molecule has 12 heavy (non-hydrogen) atoms. The Morgan fingerprint density at radius 1 is 1.58 bits per heavy atom. The van der Waals surface area contributed by atoms with Crippen LogP contribution in [0.5, 0.6) is 0 Å². The number of hydrogen-bond acceptors (Lipinski definition) is 3. The quantitative estimate of drug-likeness (QED) is 0.616. The molecule has 0 saturated carbocycles. The highest BCUT2D eigenvalue weighted by Gasteiger charge is 2.43. The molecule has 0 aromatic heterocycles. The third-order valence-corrected chi connectivity index (χ3v) is 1.44. The van der Waals surface area contributed by atoms with Gasteiger partial charge in [0.2, 0.25) is 0 Å². The molecule has 0 aromatic carbocycles. The van der Waals surface area contributed by atoms with E-state index in [9.17, 15) is 9.90 Å². The molecule has 0 aliphatic carbocycles. The Morgan fingerprint density at radius 2 is 2.08 bits per heavy atom. The third kappa shape index (κ3) is 2.46. The van der Waals surface area contributed by atoms with E-state index in [1.54, 1.807) is 6.92 Å². The molecule has 72 valence electrons. The van der Waals surface area contributed by atoms with Crippen molar-refractivity contribution in [3.63, 3.8) is 0 Å². The standard InChI is InChI=1S/C6H11NO3.C2H6/c1-2-7-5(8)6(9)3-10-4-6;1-2/h9H,2-4H2,1H3,(H,7,8);1-2H3. The van der Waals surface area contributed by atoms with Crippen molar-refractivity contribution in [1.29, 1.82) is 0 Å². The van der Waals surface area contributed by atoms with Crippen LogP contribution in [0.25, 0.3) is 0 Å². The summed E-state index contributed by atoms with van der Waals surface area (Å²) in [6.45, 7) is 6.60. The Kier molecular flexibility index (Phi) is 4.85. The number of likely N-dealkylation sites (N-methyl/N-ethyl adjacent to an activating group) is 1. The van der Waals surface area contributed by atoms with Crippen LogP contribution >= 0.6 is 0 Å². The molecule has 0 aromatic rings. The summed E-state index contributed by atoms with van der Waals surface area (Å²) in [5.74, 6) is -0.332. The zero-order valence-electron chi connectivity index (χ0n) is 7.89. The molecule has 0 atom stereocenters. The zero-order chi connectivity index (χ0) is 9.61. The first-order valence-corrected chi connectivity index (χ1v) is 4.27. The van der Waals surface area contributed by atoms with Gasteiger partial charge in [-0.1, -0.05) is 13.8 Å². The van der Waals surface area contributed by atoms with Gasteiger partial charge in [0.25, 0.3) is 5.91 Å². The molecule has 0 bridgehead atoms. The smallest absolute Gasteiger partial charge is 0.256 e. The fourth-order valence-corrected chi connectivity index (χ4v) is 0.752. The molecule has 0 spiro atoms. The number of carbonyl (C=O) groups excluding carboxylic acids is 1. The normalized spacial score (nSPS) is 18.3. The molecule has 1 saturated heterocycles. The number of rotatable bonds is 2. The van der Waals surface area contributed by atoms with E-state index in [1.165, 1.54) is 0 Å². The van der Waals surface area contributed by atoms with Gasteiger partial charge in [0, 0.05) is 6.54 Å². The highest BCUT2D eigenvalue weighted by atomic mass is 16.5. The molecular weight excluding hydrogens is 158 g/mol. The molecule has 2 N–H and O–H groups in total. The second-order valence-electron chi connectivity index (χ2n) is 2.38. The van der Waals surface area contributed by atoms with Crippen molar-refractivity contribution in [1.82, 2.24) is 5.32 Å². The van der Waals surface area contributed by atoms with Crippen LogP contribution in [-0.2, 0) is 9.53 Å². The number of nitrogens with one attached hydrogen (secondary N) is 1. The Morgan fingerprint density at radius 3 is 2.33 bits per heavy atom. The summed E-state index contributed by atoms with van der Waals surface area (Å²) in [6, 6.07) is 0. The topological polar surface area (TPSA) is 58.6 Å². The van der Waals surface area contributed by atoms with Crippen molar-refractivity contribution < 1.29 is 14.6 Å². The predicted octanol–water partition coefficient (Wildman–Crippen LogP) is -0.0900. The minimum atomic E-state index is -1.24. The largest absolute Gasteiger partial charge is 0.376 e. The Labute approximate surface area is 72.9 Å². The first-order chi connectivity index (χ1) is 5.69. The van der Waals surface area contributed by atoms with Gasteiger partial charge in [-0.15, -0.1) is 0 Å². The summed E-state index contributed by atoms with van der Waals surface area (Å²) in [5.41, 5.74) is -1.24. The van der Waals surface area contributed by atoms with Crippen LogP contribution in [0.2, 0.25) is 0 Å². The zero-order valence-corrected chi connectivity index (χ0v) is 7.89. The molecule has 0 radical (unpaired) electrons. The second-order valence-corrected chi connectivity index (χ2v) is 2.38. The van der Waals surface area contributed by atoms with Gasteiger partial charge in [-0.3, -0.25) is 4.79 Å². The second kappa shape index (κ2) is 5.11. The molecule has 1 aliphatic rings. The van der Waals surface area contributed by atoms with Gasteiger partial charge >= 0.3 is 0 Å². The van der Waals surface area contributed by atoms with Crippen LogP contribution in [0.3, 0.4) is 0 Å². The predicted molar refractivity (Wildman–Crippen MR) is 45.8 cm³/mol.